The standard InChI is InChI=1S/C15H23FN4/c16-14-10-12(19-13-2-1-5-18-11-13)3-4-15(14)20-8-6-17-7-9-20/h3-4,10,13,17-19H,1-2,5-9,11H2. The highest BCUT2D eigenvalue weighted by Crippen LogP contribution is 2.24. The fourth-order valence-electron chi connectivity index (χ4n) is 2.97. The Hall–Kier alpha value is -1.33. The molecule has 0 radical (unpaired) electrons. The Bertz CT molecular complexity index is 439. The van der Waals surface area contributed by atoms with Crippen molar-refractivity contribution in [3.63, 3.8) is 0 Å². The Balaban J connectivity index is 1.66. The average Bonchev–Trinajstić information content (AvgIpc) is 2.49. The van der Waals surface area contributed by atoms with E-state index in [-0.39, 0.29) is 5.82 Å². The molecule has 3 rings (SSSR count). The monoisotopic (exact) mass is 278 g/mol. The van der Waals surface area contributed by atoms with E-state index in [4.69, 9.17) is 0 Å². The zero-order valence-corrected chi connectivity index (χ0v) is 11.8. The summed E-state index contributed by atoms with van der Waals surface area (Å²) in [6.45, 7) is 5.64. The third-order valence-corrected chi connectivity index (χ3v) is 4.07. The molecule has 5 heteroatoms. The first-order valence-corrected chi connectivity index (χ1v) is 7.55. The summed E-state index contributed by atoms with van der Waals surface area (Å²) in [7, 11) is 0. The van der Waals surface area contributed by atoms with Gasteiger partial charge in [-0.2, -0.15) is 0 Å². The molecular formula is C15H23FN4. The largest absolute Gasteiger partial charge is 0.381 e. The number of hydrogen-bond acceptors (Lipinski definition) is 4. The van der Waals surface area contributed by atoms with Crippen molar-refractivity contribution in [3.05, 3.63) is 24.0 Å². The van der Waals surface area contributed by atoms with Gasteiger partial charge in [-0.3, -0.25) is 0 Å². The van der Waals surface area contributed by atoms with Crippen LogP contribution in [-0.2, 0) is 0 Å². The van der Waals surface area contributed by atoms with Crippen LogP contribution in [0, 0.1) is 5.82 Å². The van der Waals surface area contributed by atoms with Crippen molar-refractivity contribution in [1.29, 1.82) is 0 Å². The van der Waals surface area contributed by atoms with E-state index >= 15 is 0 Å². The number of piperazine rings is 1. The van der Waals surface area contributed by atoms with E-state index in [1.807, 2.05) is 12.1 Å². The molecule has 0 saturated carbocycles. The molecule has 4 nitrogen and oxygen atoms in total. The lowest BCUT2D eigenvalue weighted by molar-refractivity contribution is 0.479. The summed E-state index contributed by atoms with van der Waals surface area (Å²) in [5, 5.41) is 10.1. The van der Waals surface area contributed by atoms with E-state index < -0.39 is 0 Å². The molecule has 1 unspecified atom stereocenters. The predicted octanol–water partition coefficient (Wildman–Crippen LogP) is 1.40. The highest BCUT2D eigenvalue weighted by atomic mass is 19.1. The molecule has 2 heterocycles. The zero-order chi connectivity index (χ0) is 13.8. The van der Waals surface area contributed by atoms with Gasteiger partial charge in [0, 0.05) is 44.5 Å². The quantitative estimate of drug-likeness (QED) is 0.781. The molecule has 2 aliphatic rings. The van der Waals surface area contributed by atoms with Gasteiger partial charge in [0.2, 0.25) is 0 Å². The third-order valence-electron chi connectivity index (χ3n) is 4.07. The van der Waals surface area contributed by atoms with Crippen LogP contribution >= 0.6 is 0 Å². The summed E-state index contributed by atoms with van der Waals surface area (Å²) in [4.78, 5) is 2.11. The van der Waals surface area contributed by atoms with Gasteiger partial charge in [-0.05, 0) is 37.6 Å². The Labute approximate surface area is 119 Å². The Morgan fingerprint density at radius 1 is 1.15 bits per heavy atom. The number of nitrogens with one attached hydrogen (secondary N) is 3. The van der Waals surface area contributed by atoms with Crippen LogP contribution in [0.1, 0.15) is 12.8 Å². The van der Waals surface area contributed by atoms with E-state index in [1.54, 1.807) is 6.07 Å². The number of anilines is 2. The van der Waals surface area contributed by atoms with E-state index in [9.17, 15) is 4.39 Å². The van der Waals surface area contributed by atoms with Crippen LogP contribution in [0.4, 0.5) is 15.8 Å². The lowest BCUT2D eigenvalue weighted by atomic mass is 10.1. The van der Waals surface area contributed by atoms with Crippen molar-refractivity contribution in [2.45, 2.75) is 18.9 Å². The van der Waals surface area contributed by atoms with Crippen LogP contribution in [0.5, 0.6) is 0 Å². The normalized spacial score (nSPS) is 23.6. The summed E-state index contributed by atoms with van der Waals surface area (Å²) < 4.78 is 14.3. The maximum Gasteiger partial charge on any atom is 0.148 e. The van der Waals surface area contributed by atoms with E-state index in [1.165, 1.54) is 6.42 Å². The topological polar surface area (TPSA) is 39.3 Å². The second-order valence-electron chi connectivity index (χ2n) is 5.59. The zero-order valence-electron chi connectivity index (χ0n) is 11.8. The third kappa shape index (κ3) is 3.22. The van der Waals surface area contributed by atoms with Crippen LogP contribution in [0.25, 0.3) is 0 Å². The Kier molecular flexibility index (Phi) is 4.38. The summed E-state index contributed by atoms with van der Waals surface area (Å²) in [5.74, 6) is -0.124. The van der Waals surface area contributed by atoms with Crippen molar-refractivity contribution in [1.82, 2.24) is 10.6 Å². The molecule has 2 fully saturated rings. The molecule has 20 heavy (non-hydrogen) atoms. The van der Waals surface area contributed by atoms with Gasteiger partial charge in [0.1, 0.15) is 5.82 Å². The molecule has 0 bridgehead atoms. The summed E-state index contributed by atoms with van der Waals surface area (Å²) in [6.07, 6.45) is 2.33. The molecule has 2 aliphatic heterocycles. The average molecular weight is 278 g/mol. The van der Waals surface area contributed by atoms with Crippen LogP contribution in [-0.4, -0.2) is 45.3 Å². The summed E-state index contributed by atoms with van der Waals surface area (Å²) in [6, 6.07) is 5.94. The second kappa shape index (κ2) is 6.41. The number of piperidine rings is 1. The minimum atomic E-state index is -0.124. The number of rotatable bonds is 3. The van der Waals surface area contributed by atoms with E-state index in [2.05, 4.69) is 20.9 Å². The fraction of sp³-hybridized carbons (Fsp3) is 0.600. The maximum absolute atomic E-state index is 14.3. The van der Waals surface area contributed by atoms with Crippen molar-refractivity contribution >= 4 is 11.4 Å². The molecule has 0 amide bonds. The second-order valence-corrected chi connectivity index (χ2v) is 5.59. The number of benzene rings is 1. The number of hydrogen-bond donors (Lipinski definition) is 3. The van der Waals surface area contributed by atoms with Gasteiger partial charge >= 0.3 is 0 Å². The van der Waals surface area contributed by atoms with Crippen molar-refractivity contribution < 1.29 is 4.39 Å². The summed E-state index contributed by atoms with van der Waals surface area (Å²) in [5.41, 5.74) is 1.61. The lowest BCUT2D eigenvalue weighted by Gasteiger charge is -2.30. The molecule has 2 saturated heterocycles. The molecule has 0 spiro atoms. The first-order chi connectivity index (χ1) is 9.83. The minimum Gasteiger partial charge on any atom is -0.381 e. The van der Waals surface area contributed by atoms with Crippen LogP contribution in [0.15, 0.2) is 18.2 Å². The van der Waals surface area contributed by atoms with Crippen LogP contribution in [0.2, 0.25) is 0 Å². The van der Waals surface area contributed by atoms with Gasteiger partial charge in [-0.15, -0.1) is 0 Å². The van der Waals surface area contributed by atoms with Gasteiger partial charge in [0.05, 0.1) is 5.69 Å². The Morgan fingerprint density at radius 3 is 2.70 bits per heavy atom. The molecule has 0 aliphatic carbocycles. The van der Waals surface area contributed by atoms with Gasteiger partial charge in [-0.1, -0.05) is 0 Å². The fourth-order valence-corrected chi connectivity index (χ4v) is 2.97. The first kappa shape index (κ1) is 13.6. The maximum atomic E-state index is 14.3. The van der Waals surface area contributed by atoms with Gasteiger partial charge in [-0.25, -0.2) is 4.39 Å². The number of nitrogens with zero attached hydrogens (tertiary/aromatic N) is 1. The Morgan fingerprint density at radius 2 is 2.00 bits per heavy atom. The van der Waals surface area contributed by atoms with Crippen molar-refractivity contribution in [2.24, 2.45) is 0 Å². The first-order valence-electron chi connectivity index (χ1n) is 7.55. The van der Waals surface area contributed by atoms with Gasteiger partial charge < -0.3 is 20.9 Å². The molecular weight excluding hydrogens is 255 g/mol. The van der Waals surface area contributed by atoms with E-state index in [0.29, 0.717) is 6.04 Å². The molecule has 0 aromatic heterocycles. The lowest BCUT2D eigenvalue weighted by Crippen LogP contribution is -2.43. The summed E-state index contributed by atoms with van der Waals surface area (Å²) >= 11 is 0. The molecule has 1 aromatic carbocycles. The number of halogens is 1. The minimum absolute atomic E-state index is 0.124. The molecule has 110 valence electrons. The van der Waals surface area contributed by atoms with Gasteiger partial charge in [0.25, 0.3) is 0 Å². The van der Waals surface area contributed by atoms with Crippen molar-refractivity contribution in [3.8, 4) is 0 Å². The van der Waals surface area contributed by atoms with Crippen LogP contribution < -0.4 is 20.9 Å². The highest BCUT2D eigenvalue weighted by Gasteiger charge is 2.16. The van der Waals surface area contributed by atoms with E-state index in [0.717, 1.165) is 57.1 Å². The molecule has 3 N–H and O–H groups in total. The molecule has 1 aromatic rings. The highest BCUT2D eigenvalue weighted by molar-refractivity contribution is 5.57. The van der Waals surface area contributed by atoms with Gasteiger partial charge in [0.15, 0.2) is 0 Å². The predicted molar refractivity (Wildman–Crippen MR) is 81.0 cm³/mol. The smallest absolute Gasteiger partial charge is 0.148 e. The van der Waals surface area contributed by atoms with Crippen molar-refractivity contribution in [2.75, 3.05) is 49.5 Å². The van der Waals surface area contributed by atoms with Crippen LogP contribution in [0.3, 0.4) is 0 Å². The SMILES string of the molecule is Fc1cc(NC2CCCNC2)ccc1N1CCNCC1. The molecule has 1 atom stereocenters.